The first kappa shape index (κ1) is 19.0. The van der Waals surface area contributed by atoms with Gasteiger partial charge in [0.15, 0.2) is 11.5 Å². The molecule has 3 rings (SSSR count). The van der Waals surface area contributed by atoms with Crippen molar-refractivity contribution in [2.75, 3.05) is 32.1 Å². The summed E-state index contributed by atoms with van der Waals surface area (Å²) in [6.07, 6.45) is 0. The first-order valence-corrected chi connectivity index (χ1v) is 8.95. The Kier molecular flexibility index (Phi) is 5.56. The van der Waals surface area contributed by atoms with Gasteiger partial charge in [0.2, 0.25) is 5.91 Å². The van der Waals surface area contributed by atoms with Gasteiger partial charge >= 0.3 is 0 Å². The van der Waals surface area contributed by atoms with Gasteiger partial charge in [0.1, 0.15) is 13.2 Å². The summed E-state index contributed by atoms with van der Waals surface area (Å²) in [7, 11) is 1.57. The maximum absolute atomic E-state index is 12.7. The molecule has 0 aliphatic carbocycles. The Morgan fingerprint density at radius 2 is 1.81 bits per heavy atom. The van der Waals surface area contributed by atoms with Gasteiger partial charge in [0.05, 0.1) is 11.6 Å². The van der Waals surface area contributed by atoms with Crippen molar-refractivity contribution < 1.29 is 19.1 Å². The van der Waals surface area contributed by atoms with E-state index in [-0.39, 0.29) is 18.4 Å². The minimum absolute atomic E-state index is 0.0847. The number of nitrogens with one attached hydrogen (secondary N) is 1. The molecular formula is C20H21ClN2O4. The summed E-state index contributed by atoms with van der Waals surface area (Å²) in [6.45, 7) is 4.58. The molecule has 6 nitrogen and oxygen atoms in total. The second-order valence-corrected chi connectivity index (χ2v) is 6.87. The van der Waals surface area contributed by atoms with Crippen molar-refractivity contribution in [3.05, 3.63) is 52.0 Å². The van der Waals surface area contributed by atoms with Gasteiger partial charge in [-0.1, -0.05) is 29.8 Å². The maximum atomic E-state index is 12.7. The Morgan fingerprint density at radius 3 is 2.52 bits per heavy atom. The van der Waals surface area contributed by atoms with Crippen molar-refractivity contribution in [2.24, 2.45) is 0 Å². The molecule has 2 amide bonds. The quantitative estimate of drug-likeness (QED) is 0.871. The van der Waals surface area contributed by atoms with Crippen LogP contribution in [0, 0.1) is 13.8 Å². The number of amides is 2. The molecule has 0 unspecified atom stereocenters. The number of hydrogen-bond acceptors (Lipinski definition) is 4. The average Bonchev–Trinajstić information content (AvgIpc) is 2.64. The molecule has 7 heteroatoms. The van der Waals surface area contributed by atoms with Crippen LogP contribution in [0.25, 0.3) is 0 Å². The Morgan fingerprint density at radius 1 is 1.15 bits per heavy atom. The highest BCUT2D eigenvalue weighted by atomic mass is 35.5. The summed E-state index contributed by atoms with van der Waals surface area (Å²) in [6, 6.07) is 8.89. The highest BCUT2D eigenvalue weighted by Gasteiger charge is 2.22. The normalized spacial score (nSPS) is 12.4. The Hall–Kier alpha value is -2.73. The van der Waals surface area contributed by atoms with Gasteiger partial charge in [-0.2, -0.15) is 0 Å². The van der Waals surface area contributed by atoms with Gasteiger partial charge in [0.25, 0.3) is 5.91 Å². The Labute approximate surface area is 163 Å². The number of fused-ring (bicyclic) bond motifs is 1. The van der Waals surface area contributed by atoms with E-state index in [1.54, 1.807) is 13.1 Å². The lowest BCUT2D eigenvalue weighted by Gasteiger charge is -2.22. The predicted octanol–water partition coefficient (Wildman–Crippen LogP) is 3.44. The zero-order chi connectivity index (χ0) is 19.6. The molecule has 1 heterocycles. The number of carbonyl (C=O) groups excluding carboxylic acids is 2. The van der Waals surface area contributed by atoms with E-state index in [9.17, 15) is 9.59 Å². The highest BCUT2D eigenvalue weighted by molar-refractivity contribution is 6.32. The van der Waals surface area contributed by atoms with Crippen molar-refractivity contribution in [3.63, 3.8) is 0 Å². The lowest BCUT2D eigenvalue weighted by atomic mass is 10.1. The molecule has 0 atom stereocenters. The van der Waals surface area contributed by atoms with E-state index in [0.29, 0.717) is 35.3 Å². The second-order valence-electron chi connectivity index (χ2n) is 6.46. The number of nitrogens with zero attached hydrogens (tertiary/aromatic N) is 1. The Balaban J connectivity index is 1.70. The molecule has 0 bridgehead atoms. The van der Waals surface area contributed by atoms with E-state index in [0.717, 1.165) is 16.8 Å². The van der Waals surface area contributed by atoms with E-state index in [2.05, 4.69) is 5.32 Å². The fourth-order valence-corrected chi connectivity index (χ4v) is 3.20. The van der Waals surface area contributed by atoms with Gasteiger partial charge in [-0.25, -0.2) is 0 Å². The van der Waals surface area contributed by atoms with Crippen molar-refractivity contribution >= 4 is 29.1 Å². The average molecular weight is 389 g/mol. The first-order chi connectivity index (χ1) is 12.9. The predicted molar refractivity (Wildman–Crippen MR) is 104 cm³/mol. The minimum atomic E-state index is -0.328. The van der Waals surface area contributed by atoms with Crippen LogP contribution >= 0.6 is 11.6 Å². The van der Waals surface area contributed by atoms with E-state index < -0.39 is 0 Å². The minimum Gasteiger partial charge on any atom is -0.486 e. The largest absolute Gasteiger partial charge is 0.486 e. The molecule has 0 saturated carbocycles. The van der Waals surface area contributed by atoms with Gasteiger partial charge in [-0.15, -0.1) is 0 Å². The zero-order valence-corrected chi connectivity index (χ0v) is 16.2. The lowest BCUT2D eigenvalue weighted by Crippen LogP contribution is -2.35. The molecule has 0 spiro atoms. The summed E-state index contributed by atoms with van der Waals surface area (Å²) in [5.74, 6) is 0.276. The molecule has 0 saturated heterocycles. The highest BCUT2D eigenvalue weighted by Crippen LogP contribution is 2.38. The molecule has 1 aliphatic heterocycles. The third-order valence-corrected chi connectivity index (χ3v) is 4.60. The van der Waals surface area contributed by atoms with E-state index in [1.807, 2.05) is 32.0 Å². The summed E-state index contributed by atoms with van der Waals surface area (Å²) < 4.78 is 11.0. The third-order valence-electron chi connectivity index (χ3n) is 4.32. The number of rotatable bonds is 4. The number of halogens is 1. The van der Waals surface area contributed by atoms with E-state index in [4.69, 9.17) is 21.1 Å². The van der Waals surface area contributed by atoms with Gasteiger partial charge < -0.3 is 19.7 Å². The summed E-state index contributed by atoms with van der Waals surface area (Å²) in [5, 5.41) is 3.18. The number of benzene rings is 2. The molecule has 2 aromatic carbocycles. The molecule has 0 fully saturated rings. The van der Waals surface area contributed by atoms with Crippen molar-refractivity contribution in [3.8, 4) is 11.5 Å². The molecule has 1 N–H and O–H groups in total. The number of ether oxygens (including phenoxy) is 2. The fraction of sp³-hybridized carbons (Fsp3) is 0.300. The van der Waals surface area contributed by atoms with Crippen LogP contribution in [-0.2, 0) is 4.79 Å². The molecule has 0 radical (unpaired) electrons. The molecule has 2 aromatic rings. The lowest BCUT2D eigenvalue weighted by molar-refractivity contribution is -0.116. The van der Waals surface area contributed by atoms with Crippen molar-refractivity contribution in [1.82, 2.24) is 4.90 Å². The molecule has 27 heavy (non-hydrogen) atoms. The molecule has 0 aromatic heterocycles. The van der Waals surface area contributed by atoms with Crippen LogP contribution in [0.5, 0.6) is 11.5 Å². The standard InChI is InChI=1S/C20H21ClN2O4/c1-12-5-4-6-13(2)18(12)22-17(24)11-23(3)20(25)14-9-15(21)19-16(10-14)26-7-8-27-19/h4-6,9-10H,7-8,11H2,1-3H3,(H,22,24). The van der Waals surface area contributed by atoms with Gasteiger partial charge in [-0.05, 0) is 37.1 Å². The summed E-state index contributed by atoms with van der Waals surface area (Å²) >= 11 is 6.19. The van der Waals surface area contributed by atoms with E-state index in [1.165, 1.54) is 11.0 Å². The fourth-order valence-electron chi connectivity index (χ4n) is 2.93. The monoisotopic (exact) mass is 388 g/mol. The summed E-state index contributed by atoms with van der Waals surface area (Å²) in [4.78, 5) is 26.4. The van der Waals surface area contributed by atoms with Crippen molar-refractivity contribution in [1.29, 1.82) is 0 Å². The number of aryl methyl sites for hydroxylation is 2. The van der Waals surface area contributed by atoms with Crippen LogP contribution in [0.2, 0.25) is 5.02 Å². The number of carbonyl (C=O) groups is 2. The van der Waals surface area contributed by atoms with Gasteiger partial charge in [0, 0.05) is 18.3 Å². The van der Waals surface area contributed by atoms with Crippen molar-refractivity contribution in [2.45, 2.75) is 13.8 Å². The van der Waals surface area contributed by atoms with Crippen LogP contribution in [0.4, 0.5) is 5.69 Å². The Bertz CT molecular complexity index is 878. The van der Waals surface area contributed by atoms with Crippen LogP contribution in [0.1, 0.15) is 21.5 Å². The smallest absolute Gasteiger partial charge is 0.254 e. The number of likely N-dealkylation sites (N-methyl/N-ethyl adjacent to an activating group) is 1. The van der Waals surface area contributed by atoms with Crippen LogP contribution in [-0.4, -0.2) is 43.5 Å². The van der Waals surface area contributed by atoms with Gasteiger partial charge in [-0.3, -0.25) is 9.59 Å². The molecule has 142 valence electrons. The van der Waals surface area contributed by atoms with E-state index >= 15 is 0 Å². The van der Waals surface area contributed by atoms with Crippen LogP contribution < -0.4 is 14.8 Å². The molecule has 1 aliphatic rings. The third kappa shape index (κ3) is 4.17. The SMILES string of the molecule is Cc1cccc(C)c1NC(=O)CN(C)C(=O)c1cc(Cl)c2c(c1)OCCO2. The number of para-hydroxylation sites is 1. The topological polar surface area (TPSA) is 67.9 Å². The summed E-state index contributed by atoms with van der Waals surface area (Å²) in [5.41, 5.74) is 3.05. The first-order valence-electron chi connectivity index (χ1n) is 8.57. The van der Waals surface area contributed by atoms with Crippen LogP contribution in [0.15, 0.2) is 30.3 Å². The number of anilines is 1. The molecular weight excluding hydrogens is 368 g/mol. The maximum Gasteiger partial charge on any atom is 0.254 e. The van der Waals surface area contributed by atoms with Crippen LogP contribution in [0.3, 0.4) is 0 Å². The number of hydrogen-bond donors (Lipinski definition) is 1. The zero-order valence-electron chi connectivity index (χ0n) is 15.5. The second kappa shape index (κ2) is 7.88.